The molecular formula is C14H16BrClO. The largest absolute Gasteiger partial charge is 0.294 e. The molecule has 0 spiro atoms. The summed E-state index contributed by atoms with van der Waals surface area (Å²) in [6.07, 6.45) is 4.41. The van der Waals surface area contributed by atoms with Crippen LogP contribution in [0.2, 0.25) is 5.02 Å². The molecule has 1 nitrogen and oxygen atoms in total. The first kappa shape index (κ1) is 13.1. The number of carbonyl (C=O) groups excluding carboxylic acids is 1. The highest BCUT2D eigenvalue weighted by Crippen LogP contribution is 2.34. The Kier molecular flexibility index (Phi) is 4.26. The predicted molar refractivity (Wildman–Crippen MR) is 74.6 cm³/mol. The molecule has 0 bridgehead atoms. The molecule has 0 aliphatic heterocycles. The summed E-state index contributed by atoms with van der Waals surface area (Å²) in [7, 11) is 0. The van der Waals surface area contributed by atoms with Crippen molar-refractivity contribution in [1.29, 1.82) is 0 Å². The smallest absolute Gasteiger partial charge is 0.167 e. The lowest BCUT2D eigenvalue weighted by Crippen LogP contribution is -2.22. The van der Waals surface area contributed by atoms with Crippen LogP contribution >= 0.6 is 27.5 Å². The van der Waals surface area contributed by atoms with Gasteiger partial charge in [0.2, 0.25) is 0 Å². The number of benzene rings is 1. The second-order valence-corrected chi connectivity index (χ2v) is 6.17. The molecular weight excluding hydrogens is 300 g/mol. The molecule has 0 N–H and O–H groups in total. The zero-order chi connectivity index (χ0) is 12.4. The van der Waals surface area contributed by atoms with Crippen molar-refractivity contribution in [3.05, 3.63) is 33.3 Å². The molecule has 1 fully saturated rings. The molecule has 3 heteroatoms. The average Bonchev–Trinajstić information content (AvgIpc) is 2.32. The normalized spacial score (nSPS) is 24.6. The van der Waals surface area contributed by atoms with Crippen molar-refractivity contribution in [2.45, 2.75) is 32.6 Å². The number of rotatable bonds is 2. The van der Waals surface area contributed by atoms with Crippen molar-refractivity contribution < 1.29 is 4.79 Å². The highest BCUT2D eigenvalue weighted by Gasteiger charge is 2.27. The molecule has 0 amide bonds. The summed E-state index contributed by atoms with van der Waals surface area (Å²) in [5.74, 6) is 1.03. The van der Waals surface area contributed by atoms with Gasteiger partial charge < -0.3 is 0 Å². The minimum Gasteiger partial charge on any atom is -0.294 e. The third-order valence-corrected chi connectivity index (χ3v) is 4.82. The van der Waals surface area contributed by atoms with E-state index in [2.05, 4.69) is 22.9 Å². The van der Waals surface area contributed by atoms with E-state index in [-0.39, 0.29) is 11.7 Å². The van der Waals surface area contributed by atoms with E-state index in [1.165, 1.54) is 6.42 Å². The minimum atomic E-state index is 0.158. The molecule has 1 saturated carbocycles. The predicted octanol–water partition coefficient (Wildman–Crippen LogP) is 5.11. The van der Waals surface area contributed by atoms with Gasteiger partial charge in [0.15, 0.2) is 5.78 Å². The van der Waals surface area contributed by atoms with Crippen LogP contribution in [0.4, 0.5) is 0 Å². The summed E-state index contributed by atoms with van der Waals surface area (Å²) in [5.41, 5.74) is 0.667. The minimum absolute atomic E-state index is 0.158. The van der Waals surface area contributed by atoms with E-state index in [9.17, 15) is 4.79 Å². The Labute approximate surface area is 116 Å². The maximum Gasteiger partial charge on any atom is 0.167 e. The summed E-state index contributed by atoms with van der Waals surface area (Å²) in [6, 6.07) is 5.56. The van der Waals surface area contributed by atoms with Gasteiger partial charge in [-0.25, -0.2) is 0 Å². The number of Topliss-reactive ketones (excluding diaryl/α,β-unsaturated/α-hetero) is 1. The van der Waals surface area contributed by atoms with E-state index in [1.807, 2.05) is 18.2 Å². The second kappa shape index (κ2) is 5.53. The third kappa shape index (κ3) is 2.92. The molecule has 17 heavy (non-hydrogen) atoms. The van der Waals surface area contributed by atoms with Gasteiger partial charge in [0.05, 0.1) is 5.02 Å². The Bertz CT molecular complexity index is 430. The fourth-order valence-corrected chi connectivity index (χ4v) is 3.17. The third-order valence-electron chi connectivity index (χ3n) is 3.52. The number of hydrogen-bond acceptors (Lipinski definition) is 1. The van der Waals surface area contributed by atoms with Gasteiger partial charge in [-0.1, -0.05) is 37.4 Å². The van der Waals surface area contributed by atoms with Crippen molar-refractivity contribution >= 4 is 33.3 Å². The van der Waals surface area contributed by atoms with Crippen LogP contribution in [-0.4, -0.2) is 5.78 Å². The molecule has 92 valence electrons. The number of hydrogen-bond donors (Lipinski definition) is 0. The highest BCUT2D eigenvalue weighted by molar-refractivity contribution is 9.10. The average molecular weight is 316 g/mol. The van der Waals surface area contributed by atoms with E-state index in [4.69, 9.17) is 11.6 Å². The van der Waals surface area contributed by atoms with Gasteiger partial charge in [0.1, 0.15) is 0 Å². The van der Waals surface area contributed by atoms with Gasteiger partial charge in [0.25, 0.3) is 0 Å². The Hall–Kier alpha value is -0.340. The zero-order valence-electron chi connectivity index (χ0n) is 9.88. The van der Waals surface area contributed by atoms with Gasteiger partial charge in [-0.3, -0.25) is 4.79 Å². The molecule has 0 saturated heterocycles. The molecule has 2 rings (SSSR count). The zero-order valence-corrected chi connectivity index (χ0v) is 12.2. The van der Waals surface area contributed by atoms with Gasteiger partial charge in [0, 0.05) is 16.0 Å². The summed E-state index contributed by atoms with van der Waals surface area (Å²) in [6.45, 7) is 2.22. The Morgan fingerprint density at radius 1 is 1.41 bits per heavy atom. The fourth-order valence-electron chi connectivity index (χ4n) is 2.59. The van der Waals surface area contributed by atoms with Gasteiger partial charge in [-0.05, 0) is 46.8 Å². The van der Waals surface area contributed by atoms with Crippen molar-refractivity contribution in [3.8, 4) is 0 Å². The van der Waals surface area contributed by atoms with Crippen LogP contribution in [-0.2, 0) is 0 Å². The Balaban J connectivity index is 2.22. The first-order valence-corrected chi connectivity index (χ1v) is 7.25. The van der Waals surface area contributed by atoms with Crippen LogP contribution in [0, 0.1) is 11.8 Å². The SMILES string of the molecule is CC1CCCC(C(=O)c2cccc(Br)c2Cl)C1. The lowest BCUT2D eigenvalue weighted by molar-refractivity contribution is 0.0868. The quantitative estimate of drug-likeness (QED) is 0.693. The number of carbonyl (C=O) groups is 1. The molecule has 0 heterocycles. The van der Waals surface area contributed by atoms with Gasteiger partial charge >= 0.3 is 0 Å². The molecule has 0 aromatic heterocycles. The standard InChI is InChI=1S/C14H16BrClO/c1-9-4-2-5-10(8-9)14(17)11-6-3-7-12(15)13(11)16/h3,6-7,9-10H,2,4-5,8H2,1H3. The maximum atomic E-state index is 12.4. The molecule has 1 aliphatic carbocycles. The van der Waals surface area contributed by atoms with Gasteiger partial charge in [-0.15, -0.1) is 0 Å². The maximum absolute atomic E-state index is 12.4. The molecule has 2 unspecified atom stereocenters. The molecule has 1 aromatic rings. The van der Waals surface area contributed by atoms with Crippen LogP contribution in [0.1, 0.15) is 43.0 Å². The molecule has 2 atom stereocenters. The van der Waals surface area contributed by atoms with Crippen molar-refractivity contribution in [2.75, 3.05) is 0 Å². The van der Waals surface area contributed by atoms with E-state index in [0.717, 1.165) is 23.7 Å². The topological polar surface area (TPSA) is 17.1 Å². The molecule has 0 radical (unpaired) electrons. The van der Waals surface area contributed by atoms with E-state index in [0.29, 0.717) is 16.5 Å². The van der Waals surface area contributed by atoms with Crippen LogP contribution in [0.15, 0.2) is 22.7 Å². The second-order valence-electron chi connectivity index (χ2n) is 4.93. The number of halogens is 2. The highest BCUT2D eigenvalue weighted by atomic mass is 79.9. The van der Waals surface area contributed by atoms with Crippen LogP contribution in [0.25, 0.3) is 0 Å². The number of ketones is 1. The van der Waals surface area contributed by atoms with E-state index in [1.54, 1.807) is 0 Å². The van der Waals surface area contributed by atoms with Crippen molar-refractivity contribution in [3.63, 3.8) is 0 Å². The summed E-state index contributed by atoms with van der Waals surface area (Å²) < 4.78 is 0.800. The van der Waals surface area contributed by atoms with Crippen LogP contribution in [0.3, 0.4) is 0 Å². The lowest BCUT2D eigenvalue weighted by atomic mass is 9.79. The summed E-state index contributed by atoms with van der Waals surface area (Å²) in [5, 5.41) is 0.552. The summed E-state index contributed by atoms with van der Waals surface area (Å²) >= 11 is 9.54. The van der Waals surface area contributed by atoms with Crippen LogP contribution in [0.5, 0.6) is 0 Å². The van der Waals surface area contributed by atoms with Crippen molar-refractivity contribution in [2.24, 2.45) is 11.8 Å². The first-order valence-electron chi connectivity index (χ1n) is 6.08. The van der Waals surface area contributed by atoms with Crippen LogP contribution < -0.4 is 0 Å². The molecule has 1 aromatic carbocycles. The lowest BCUT2D eigenvalue weighted by Gasteiger charge is -2.25. The fraction of sp³-hybridized carbons (Fsp3) is 0.500. The van der Waals surface area contributed by atoms with Gasteiger partial charge in [-0.2, -0.15) is 0 Å². The van der Waals surface area contributed by atoms with E-state index < -0.39 is 0 Å². The van der Waals surface area contributed by atoms with Crippen molar-refractivity contribution in [1.82, 2.24) is 0 Å². The monoisotopic (exact) mass is 314 g/mol. The molecule has 1 aliphatic rings. The summed E-state index contributed by atoms with van der Waals surface area (Å²) in [4.78, 5) is 12.4. The Morgan fingerprint density at radius 2 is 2.18 bits per heavy atom. The Morgan fingerprint density at radius 3 is 2.88 bits per heavy atom. The first-order chi connectivity index (χ1) is 8.09. The van der Waals surface area contributed by atoms with E-state index >= 15 is 0 Å².